The SMILES string of the molecule is COc1cc(C(=O)OC(C)C(=O)Nc2cccc([N+](=O)[O-])c2)ccc1OCc1ccccc1. The number of anilines is 1. The lowest BCUT2D eigenvalue weighted by Gasteiger charge is -2.15. The van der Waals surface area contributed by atoms with Crippen LogP contribution in [0.3, 0.4) is 0 Å². The van der Waals surface area contributed by atoms with Gasteiger partial charge in [-0.05, 0) is 36.8 Å². The Morgan fingerprint density at radius 2 is 1.76 bits per heavy atom. The second-order valence-corrected chi connectivity index (χ2v) is 6.98. The number of nitro benzene ring substituents is 1. The molecule has 3 aromatic carbocycles. The average Bonchev–Trinajstić information content (AvgIpc) is 2.83. The fraction of sp³-hybridized carbons (Fsp3) is 0.167. The summed E-state index contributed by atoms with van der Waals surface area (Å²) in [5.41, 5.74) is 1.21. The van der Waals surface area contributed by atoms with E-state index in [1.807, 2.05) is 30.3 Å². The van der Waals surface area contributed by atoms with Crippen molar-refractivity contribution in [3.8, 4) is 11.5 Å². The quantitative estimate of drug-likeness (QED) is 0.292. The van der Waals surface area contributed by atoms with E-state index in [1.165, 1.54) is 50.4 Å². The molecule has 0 radical (unpaired) electrons. The standard InChI is InChI=1S/C24H22N2O7/c1-16(23(27)25-19-9-6-10-20(14-19)26(29)30)33-24(28)18-11-12-21(22(13-18)31-2)32-15-17-7-4-3-5-8-17/h3-14,16H,15H2,1-2H3,(H,25,27). The van der Waals surface area contributed by atoms with Gasteiger partial charge in [0.25, 0.3) is 11.6 Å². The second kappa shape index (κ2) is 10.8. The summed E-state index contributed by atoms with van der Waals surface area (Å²) in [5.74, 6) is -0.563. The summed E-state index contributed by atoms with van der Waals surface area (Å²) < 4.78 is 16.3. The van der Waals surface area contributed by atoms with Gasteiger partial charge in [0, 0.05) is 17.8 Å². The van der Waals surface area contributed by atoms with E-state index in [1.54, 1.807) is 6.07 Å². The van der Waals surface area contributed by atoms with Gasteiger partial charge < -0.3 is 19.5 Å². The highest BCUT2D eigenvalue weighted by molar-refractivity contribution is 5.97. The molecular formula is C24H22N2O7. The largest absolute Gasteiger partial charge is 0.493 e. The van der Waals surface area contributed by atoms with Crippen molar-refractivity contribution in [3.63, 3.8) is 0 Å². The molecule has 1 amide bonds. The van der Waals surface area contributed by atoms with Crippen molar-refractivity contribution in [1.82, 2.24) is 0 Å². The number of hydrogen-bond acceptors (Lipinski definition) is 7. The molecule has 0 bridgehead atoms. The molecule has 0 aliphatic heterocycles. The number of nitro groups is 1. The van der Waals surface area contributed by atoms with Crippen LogP contribution in [0.4, 0.5) is 11.4 Å². The maximum Gasteiger partial charge on any atom is 0.339 e. The van der Waals surface area contributed by atoms with Crippen molar-refractivity contribution >= 4 is 23.3 Å². The predicted octanol–water partition coefficient (Wildman–Crippen LogP) is 4.37. The Hall–Kier alpha value is -4.40. The Labute approximate surface area is 190 Å². The lowest BCUT2D eigenvalue weighted by molar-refractivity contribution is -0.384. The Bertz CT molecular complexity index is 1150. The van der Waals surface area contributed by atoms with Gasteiger partial charge in [0.2, 0.25) is 0 Å². The number of benzene rings is 3. The van der Waals surface area contributed by atoms with Crippen molar-refractivity contribution in [3.05, 3.63) is 94.0 Å². The molecule has 9 nitrogen and oxygen atoms in total. The Balaban J connectivity index is 1.62. The number of ether oxygens (including phenoxy) is 3. The highest BCUT2D eigenvalue weighted by atomic mass is 16.6. The summed E-state index contributed by atoms with van der Waals surface area (Å²) in [6, 6.07) is 19.6. The number of nitrogens with zero attached hydrogens (tertiary/aromatic N) is 1. The number of hydrogen-bond donors (Lipinski definition) is 1. The van der Waals surface area contributed by atoms with Crippen LogP contribution in [0.25, 0.3) is 0 Å². The maximum atomic E-state index is 12.5. The van der Waals surface area contributed by atoms with E-state index in [4.69, 9.17) is 14.2 Å². The summed E-state index contributed by atoms with van der Waals surface area (Å²) in [6.45, 7) is 1.73. The Kier molecular flexibility index (Phi) is 7.59. The van der Waals surface area contributed by atoms with Gasteiger partial charge in [0.05, 0.1) is 17.6 Å². The summed E-state index contributed by atoms with van der Waals surface area (Å²) in [4.78, 5) is 35.2. The number of amides is 1. The number of nitrogens with one attached hydrogen (secondary N) is 1. The van der Waals surface area contributed by atoms with Gasteiger partial charge in [-0.15, -0.1) is 0 Å². The molecule has 33 heavy (non-hydrogen) atoms. The fourth-order valence-electron chi connectivity index (χ4n) is 2.87. The zero-order chi connectivity index (χ0) is 23.8. The summed E-state index contributed by atoms with van der Waals surface area (Å²) in [6.07, 6.45) is -1.14. The van der Waals surface area contributed by atoms with Gasteiger partial charge in [-0.3, -0.25) is 14.9 Å². The first-order valence-electron chi connectivity index (χ1n) is 9.98. The van der Waals surface area contributed by atoms with Crippen LogP contribution in [0.2, 0.25) is 0 Å². The van der Waals surface area contributed by atoms with Gasteiger partial charge in [0.1, 0.15) is 6.61 Å². The molecule has 0 aliphatic carbocycles. The summed E-state index contributed by atoms with van der Waals surface area (Å²) in [5, 5.41) is 13.4. The van der Waals surface area contributed by atoms with E-state index in [2.05, 4.69) is 5.32 Å². The van der Waals surface area contributed by atoms with Crippen molar-refractivity contribution < 1.29 is 28.7 Å². The van der Waals surface area contributed by atoms with Crippen molar-refractivity contribution in [1.29, 1.82) is 0 Å². The molecule has 0 saturated carbocycles. The third-order valence-corrected chi connectivity index (χ3v) is 4.61. The molecular weight excluding hydrogens is 428 g/mol. The van der Waals surface area contributed by atoms with Crippen LogP contribution in [0.5, 0.6) is 11.5 Å². The average molecular weight is 450 g/mol. The number of carbonyl (C=O) groups is 2. The molecule has 170 valence electrons. The fourth-order valence-corrected chi connectivity index (χ4v) is 2.87. The molecule has 1 N–H and O–H groups in total. The van der Waals surface area contributed by atoms with Gasteiger partial charge in [0.15, 0.2) is 17.6 Å². The van der Waals surface area contributed by atoms with Gasteiger partial charge in [-0.1, -0.05) is 36.4 Å². The van der Waals surface area contributed by atoms with Crippen molar-refractivity contribution in [2.75, 3.05) is 12.4 Å². The van der Waals surface area contributed by atoms with Gasteiger partial charge in [-0.25, -0.2) is 4.79 Å². The zero-order valence-corrected chi connectivity index (χ0v) is 18.0. The van der Waals surface area contributed by atoms with Crippen LogP contribution >= 0.6 is 0 Å². The zero-order valence-electron chi connectivity index (χ0n) is 18.0. The van der Waals surface area contributed by atoms with E-state index >= 15 is 0 Å². The molecule has 0 aliphatic rings. The van der Waals surface area contributed by atoms with Crippen LogP contribution in [0.1, 0.15) is 22.8 Å². The molecule has 0 saturated heterocycles. The topological polar surface area (TPSA) is 117 Å². The number of carbonyl (C=O) groups excluding carboxylic acids is 2. The minimum Gasteiger partial charge on any atom is -0.493 e. The van der Waals surface area contributed by atoms with Crippen molar-refractivity contribution in [2.45, 2.75) is 19.6 Å². The predicted molar refractivity (Wildman–Crippen MR) is 120 cm³/mol. The molecule has 3 aromatic rings. The first kappa shape index (κ1) is 23.3. The van der Waals surface area contributed by atoms with Crippen LogP contribution < -0.4 is 14.8 Å². The number of methoxy groups -OCH3 is 1. The third-order valence-electron chi connectivity index (χ3n) is 4.61. The smallest absolute Gasteiger partial charge is 0.339 e. The van der Waals surface area contributed by atoms with Crippen LogP contribution in [0.15, 0.2) is 72.8 Å². The van der Waals surface area contributed by atoms with Crippen LogP contribution in [-0.2, 0) is 16.1 Å². The molecule has 1 unspecified atom stereocenters. The minimum absolute atomic E-state index is 0.167. The van der Waals surface area contributed by atoms with E-state index in [9.17, 15) is 19.7 Å². The van der Waals surface area contributed by atoms with Crippen LogP contribution in [0, 0.1) is 10.1 Å². The molecule has 0 fully saturated rings. The number of rotatable bonds is 9. The van der Waals surface area contributed by atoms with Gasteiger partial charge >= 0.3 is 5.97 Å². The minimum atomic E-state index is -1.14. The summed E-state index contributed by atoms with van der Waals surface area (Å²) >= 11 is 0. The highest BCUT2D eigenvalue weighted by Crippen LogP contribution is 2.29. The molecule has 0 heterocycles. The molecule has 0 spiro atoms. The lowest BCUT2D eigenvalue weighted by Crippen LogP contribution is -2.30. The van der Waals surface area contributed by atoms with Crippen molar-refractivity contribution in [2.24, 2.45) is 0 Å². The van der Waals surface area contributed by atoms with E-state index in [0.29, 0.717) is 18.1 Å². The monoisotopic (exact) mass is 450 g/mol. The van der Waals surface area contributed by atoms with Gasteiger partial charge in [-0.2, -0.15) is 0 Å². The van der Waals surface area contributed by atoms with E-state index in [-0.39, 0.29) is 16.9 Å². The van der Waals surface area contributed by atoms with E-state index in [0.717, 1.165) is 5.56 Å². The molecule has 9 heteroatoms. The first-order valence-corrected chi connectivity index (χ1v) is 9.98. The Morgan fingerprint density at radius 3 is 2.45 bits per heavy atom. The number of non-ortho nitro benzene ring substituents is 1. The molecule has 1 atom stereocenters. The number of esters is 1. The van der Waals surface area contributed by atoms with Crippen LogP contribution in [-0.4, -0.2) is 30.0 Å². The Morgan fingerprint density at radius 1 is 1.00 bits per heavy atom. The lowest BCUT2D eigenvalue weighted by atomic mass is 10.2. The molecule has 3 rings (SSSR count). The molecule has 0 aromatic heterocycles. The highest BCUT2D eigenvalue weighted by Gasteiger charge is 2.21. The second-order valence-electron chi connectivity index (χ2n) is 6.98. The third kappa shape index (κ3) is 6.30. The maximum absolute atomic E-state index is 12.5. The normalized spacial score (nSPS) is 11.2. The summed E-state index contributed by atoms with van der Waals surface area (Å²) in [7, 11) is 1.45. The first-order chi connectivity index (χ1) is 15.9. The van der Waals surface area contributed by atoms with E-state index < -0.39 is 22.9 Å².